The fourth-order valence-corrected chi connectivity index (χ4v) is 3.61. The van der Waals surface area contributed by atoms with Crippen molar-refractivity contribution < 1.29 is 14.3 Å². The molecule has 1 aliphatic heterocycles. The van der Waals surface area contributed by atoms with Crippen LogP contribution in [0.3, 0.4) is 0 Å². The summed E-state index contributed by atoms with van der Waals surface area (Å²) >= 11 is 5.38. The Bertz CT molecular complexity index is 1160. The third-order valence-electron chi connectivity index (χ3n) is 5.05. The molecular formula is C24H24N4O3S. The molecule has 2 heterocycles. The Balaban J connectivity index is 1.47. The zero-order valence-corrected chi connectivity index (χ0v) is 18.8. The summed E-state index contributed by atoms with van der Waals surface area (Å²) in [5.74, 6) is 1.05. The molecule has 1 amide bonds. The van der Waals surface area contributed by atoms with Gasteiger partial charge in [-0.1, -0.05) is 36.4 Å². The molecule has 32 heavy (non-hydrogen) atoms. The van der Waals surface area contributed by atoms with E-state index >= 15 is 0 Å². The van der Waals surface area contributed by atoms with Crippen LogP contribution in [0.5, 0.6) is 11.5 Å². The van der Waals surface area contributed by atoms with Crippen LogP contribution in [0.15, 0.2) is 66.6 Å². The first-order valence-corrected chi connectivity index (χ1v) is 10.7. The molecule has 1 N–H and O–H groups in total. The molecule has 1 fully saturated rings. The number of benzene rings is 2. The molecule has 1 saturated heterocycles. The van der Waals surface area contributed by atoms with Crippen LogP contribution in [-0.2, 0) is 24.5 Å². The average molecular weight is 449 g/mol. The van der Waals surface area contributed by atoms with E-state index in [4.69, 9.17) is 21.7 Å². The van der Waals surface area contributed by atoms with E-state index in [2.05, 4.69) is 10.4 Å². The zero-order valence-electron chi connectivity index (χ0n) is 17.9. The average Bonchev–Trinajstić information content (AvgIpc) is 3.38. The molecule has 2 aromatic carbocycles. The quantitative estimate of drug-likeness (QED) is 0.418. The lowest BCUT2D eigenvalue weighted by atomic mass is 10.1. The van der Waals surface area contributed by atoms with Crippen molar-refractivity contribution in [2.75, 3.05) is 7.11 Å². The number of thiocarbonyl (C=S) groups is 1. The van der Waals surface area contributed by atoms with Gasteiger partial charge in [0.15, 0.2) is 16.6 Å². The Labute approximate surface area is 192 Å². The first kappa shape index (κ1) is 21.6. The number of carbonyl (C=O) groups is 1. The van der Waals surface area contributed by atoms with Crippen molar-refractivity contribution >= 4 is 29.3 Å². The summed E-state index contributed by atoms with van der Waals surface area (Å²) in [5.41, 5.74) is 3.21. The van der Waals surface area contributed by atoms with Crippen molar-refractivity contribution in [2.45, 2.75) is 26.6 Å². The van der Waals surface area contributed by atoms with Gasteiger partial charge in [0.2, 0.25) is 0 Å². The Morgan fingerprint density at radius 2 is 1.94 bits per heavy atom. The van der Waals surface area contributed by atoms with Crippen molar-refractivity contribution in [3.05, 3.63) is 83.3 Å². The smallest absolute Gasteiger partial charge is 0.276 e. The van der Waals surface area contributed by atoms with Crippen LogP contribution in [0.1, 0.15) is 23.6 Å². The number of methoxy groups -OCH3 is 1. The molecular weight excluding hydrogens is 424 g/mol. The van der Waals surface area contributed by atoms with Gasteiger partial charge in [-0.25, -0.2) is 0 Å². The van der Waals surface area contributed by atoms with Crippen molar-refractivity contribution in [2.24, 2.45) is 0 Å². The normalized spacial score (nSPS) is 14.7. The standard InChI is InChI=1S/C24H24N4O3S/c1-3-27-14-19(13-25-27)15-28-23(29)20(26-24(28)32)11-18-9-10-21(22(12-18)30-2)31-16-17-7-5-4-6-8-17/h4-14H,3,15-16H2,1-2H3,(H,26,32)/b20-11+. The Morgan fingerprint density at radius 3 is 2.66 bits per heavy atom. The van der Waals surface area contributed by atoms with Crippen LogP contribution >= 0.6 is 12.2 Å². The van der Waals surface area contributed by atoms with Crippen LogP contribution < -0.4 is 14.8 Å². The molecule has 8 heteroatoms. The lowest BCUT2D eigenvalue weighted by Crippen LogP contribution is -2.29. The summed E-state index contributed by atoms with van der Waals surface area (Å²) in [6.45, 7) is 3.60. The Morgan fingerprint density at radius 1 is 1.12 bits per heavy atom. The van der Waals surface area contributed by atoms with Gasteiger partial charge < -0.3 is 14.8 Å². The number of rotatable bonds is 8. The largest absolute Gasteiger partial charge is 0.493 e. The first-order valence-electron chi connectivity index (χ1n) is 10.3. The van der Waals surface area contributed by atoms with Gasteiger partial charge in [0.1, 0.15) is 12.3 Å². The predicted molar refractivity (Wildman–Crippen MR) is 126 cm³/mol. The number of ether oxygens (including phenoxy) is 2. The van der Waals surface area contributed by atoms with Gasteiger partial charge in [-0.05, 0) is 48.5 Å². The third-order valence-corrected chi connectivity index (χ3v) is 5.37. The fraction of sp³-hybridized carbons (Fsp3) is 0.208. The number of aromatic nitrogens is 2. The number of amides is 1. The lowest BCUT2D eigenvalue weighted by Gasteiger charge is -2.12. The first-order chi connectivity index (χ1) is 15.6. The molecule has 164 valence electrons. The summed E-state index contributed by atoms with van der Waals surface area (Å²) in [7, 11) is 1.59. The van der Waals surface area contributed by atoms with E-state index < -0.39 is 0 Å². The van der Waals surface area contributed by atoms with Crippen molar-refractivity contribution in [1.82, 2.24) is 20.0 Å². The minimum atomic E-state index is -0.178. The van der Waals surface area contributed by atoms with Gasteiger partial charge in [0.05, 0.1) is 19.9 Å². The number of aryl methyl sites for hydroxylation is 1. The zero-order chi connectivity index (χ0) is 22.5. The van der Waals surface area contributed by atoms with E-state index in [1.165, 1.54) is 4.90 Å². The molecule has 3 aromatic rings. The number of hydrogen-bond donors (Lipinski definition) is 1. The van der Waals surface area contributed by atoms with E-state index in [0.29, 0.717) is 35.5 Å². The van der Waals surface area contributed by atoms with E-state index in [9.17, 15) is 4.79 Å². The van der Waals surface area contributed by atoms with Gasteiger partial charge in [-0.2, -0.15) is 5.10 Å². The number of carbonyl (C=O) groups excluding carboxylic acids is 1. The van der Waals surface area contributed by atoms with Crippen LogP contribution in [0.2, 0.25) is 0 Å². The highest BCUT2D eigenvalue weighted by atomic mass is 32.1. The maximum Gasteiger partial charge on any atom is 0.276 e. The highest BCUT2D eigenvalue weighted by Crippen LogP contribution is 2.30. The maximum absolute atomic E-state index is 12.9. The second kappa shape index (κ2) is 9.65. The molecule has 7 nitrogen and oxygen atoms in total. The Kier molecular flexibility index (Phi) is 6.51. The van der Waals surface area contributed by atoms with Crippen LogP contribution in [0, 0.1) is 0 Å². The van der Waals surface area contributed by atoms with Gasteiger partial charge in [0.25, 0.3) is 5.91 Å². The number of hydrogen-bond acceptors (Lipinski definition) is 5. The lowest BCUT2D eigenvalue weighted by molar-refractivity contribution is -0.122. The number of nitrogens with one attached hydrogen (secondary N) is 1. The minimum Gasteiger partial charge on any atom is -0.493 e. The second-order valence-electron chi connectivity index (χ2n) is 7.27. The summed E-state index contributed by atoms with van der Waals surface area (Å²) < 4.78 is 13.2. The molecule has 0 radical (unpaired) electrons. The summed E-state index contributed by atoms with van der Waals surface area (Å²) in [4.78, 5) is 14.4. The molecule has 0 unspecified atom stereocenters. The molecule has 1 aliphatic rings. The minimum absolute atomic E-state index is 0.178. The van der Waals surface area contributed by atoms with Gasteiger partial charge in [-0.3, -0.25) is 14.4 Å². The van der Waals surface area contributed by atoms with E-state index in [1.54, 1.807) is 19.4 Å². The molecule has 1 aromatic heterocycles. The van der Waals surface area contributed by atoms with Gasteiger partial charge in [0, 0.05) is 18.3 Å². The number of nitrogens with zero attached hydrogens (tertiary/aromatic N) is 3. The SMILES string of the molecule is CCn1cc(CN2C(=O)/C(=C\c3ccc(OCc4ccccc4)c(OC)c3)NC2=S)cn1. The highest BCUT2D eigenvalue weighted by molar-refractivity contribution is 7.80. The second-order valence-corrected chi connectivity index (χ2v) is 7.66. The van der Waals surface area contributed by atoms with Crippen molar-refractivity contribution in [3.63, 3.8) is 0 Å². The summed E-state index contributed by atoms with van der Waals surface area (Å²) in [6, 6.07) is 15.5. The van der Waals surface area contributed by atoms with Crippen LogP contribution in [-0.4, -0.2) is 32.8 Å². The molecule has 0 bridgehead atoms. The molecule has 0 spiro atoms. The van der Waals surface area contributed by atoms with Crippen LogP contribution in [0.25, 0.3) is 6.08 Å². The van der Waals surface area contributed by atoms with E-state index in [0.717, 1.165) is 23.2 Å². The molecule has 0 saturated carbocycles. The predicted octanol–water partition coefficient (Wildman–Crippen LogP) is 3.75. The highest BCUT2D eigenvalue weighted by Gasteiger charge is 2.31. The fourth-order valence-electron chi connectivity index (χ4n) is 3.35. The Hall–Kier alpha value is -3.65. The summed E-state index contributed by atoms with van der Waals surface area (Å²) in [5, 5.41) is 7.64. The molecule has 0 atom stereocenters. The monoisotopic (exact) mass is 448 g/mol. The maximum atomic E-state index is 12.9. The van der Waals surface area contributed by atoms with Crippen molar-refractivity contribution in [1.29, 1.82) is 0 Å². The van der Waals surface area contributed by atoms with E-state index in [-0.39, 0.29) is 5.91 Å². The van der Waals surface area contributed by atoms with Crippen molar-refractivity contribution in [3.8, 4) is 11.5 Å². The van der Waals surface area contributed by atoms with Gasteiger partial charge in [-0.15, -0.1) is 0 Å². The van der Waals surface area contributed by atoms with Crippen LogP contribution in [0.4, 0.5) is 0 Å². The molecule has 0 aliphatic carbocycles. The summed E-state index contributed by atoms with van der Waals surface area (Å²) in [6.07, 6.45) is 5.42. The third kappa shape index (κ3) is 4.81. The van der Waals surface area contributed by atoms with Gasteiger partial charge >= 0.3 is 0 Å². The topological polar surface area (TPSA) is 68.6 Å². The molecule has 4 rings (SSSR count). The van der Waals surface area contributed by atoms with E-state index in [1.807, 2.05) is 66.3 Å².